The van der Waals surface area contributed by atoms with Crippen LogP contribution in [0.1, 0.15) is 22.3 Å². The van der Waals surface area contributed by atoms with Crippen molar-refractivity contribution in [3.8, 4) is 5.75 Å². The summed E-state index contributed by atoms with van der Waals surface area (Å²) in [6.07, 6.45) is 0.650. The predicted molar refractivity (Wildman–Crippen MR) is 121 cm³/mol. The average Bonchev–Trinajstić information content (AvgIpc) is 2.77. The summed E-state index contributed by atoms with van der Waals surface area (Å²) in [7, 11) is 0. The lowest BCUT2D eigenvalue weighted by Crippen LogP contribution is -2.18. The van der Waals surface area contributed by atoms with Crippen LogP contribution in [-0.4, -0.2) is 6.54 Å². The highest BCUT2D eigenvalue weighted by Crippen LogP contribution is 2.29. The Bertz CT molecular complexity index is 1140. The third kappa shape index (κ3) is 4.69. The number of ether oxygens (including phenoxy) is 1. The number of hydrogen-bond acceptors (Lipinski definition) is 2. The third-order valence-corrected chi connectivity index (χ3v) is 5.47. The fourth-order valence-corrected chi connectivity index (χ4v) is 3.70. The fourth-order valence-electron chi connectivity index (χ4n) is 3.70. The number of benzene rings is 4. The normalized spacial score (nSPS) is 11.0. The van der Waals surface area contributed by atoms with E-state index in [0.29, 0.717) is 26.1 Å². The van der Waals surface area contributed by atoms with Crippen molar-refractivity contribution in [2.75, 3.05) is 6.54 Å². The van der Waals surface area contributed by atoms with Gasteiger partial charge in [0.2, 0.25) is 0 Å². The molecule has 0 aliphatic carbocycles. The summed E-state index contributed by atoms with van der Waals surface area (Å²) in [5.41, 5.74) is 4.28. The largest absolute Gasteiger partial charge is 0.489 e. The topological polar surface area (TPSA) is 21.3 Å². The summed E-state index contributed by atoms with van der Waals surface area (Å²) in [6.45, 7) is 4.00. The van der Waals surface area contributed by atoms with Gasteiger partial charge in [-0.1, -0.05) is 72.8 Å². The van der Waals surface area contributed by atoms with E-state index in [1.165, 1.54) is 28.0 Å². The summed E-state index contributed by atoms with van der Waals surface area (Å²) >= 11 is 0. The number of rotatable bonds is 8. The molecule has 0 unspecified atom stereocenters. The van der Waals surface area contributed by atoms with Gasteiger partial charge in [0.05, 0.1) is 0 Å². The lowest BCUT2D eigenvalue weighted by molar-refractivity contribution is 0.302. The van der Waals surface area contributed by atoms with Gasteiger partial charge in [-0.15, -0.1) is 0 Å². The molecule has 0 atom stereocenters. The van der Waals surface area contributed by atoms with Gasteiger partial charge in [0.25, 0.3) is 0 Å². The van der Waals surface area contributed by atoms with Crippen LogP contribution < -0.4 is 10.1 Å². The highest BCUT2D eigenvalue weighted by molar-refractivity contribution is 5.87. The van der Waals surface area contributed by atoms with Gasteiger partial charge >= 0.3 is 0 Å². The number of hydrogen-bond donors (Lipinski definition) is 1. The van der Waals surface area contributed by atoms with Crippen molar-refractivity contribution in [3.05, 3.63) is 113 Å². The lowest BCUT2D eigenvalue weighted by atomic mass is 10.0. The number of fused-ring (bicyclic) bond motifs is 1. The Kier molecular flexibility index (Phi) is 6.41. The summed E-state index contributed by atoms with van der Waals surface area (Å²) in [6, 6.07) is 27.7. The standard InChI is InChI=1S/C27H26FNO/c1-20-8-2-3-11-23(20)19-30-27-15-14-21-9-4-6-12-24(21)25(27)18-29-17-16-22-10-5-7-13-26(22)28/h2-15,29H,16-19H2,1H3. The maximum Gasteiger partial charge on any atom is 0.126 e. The minimum Gasteiger partial charge on any atom is -0.489 e. The molecule has 4 aromatic rings. The first-order chi connectivity index (χ1) is 14.7. The lowest BCUT2D eigenvalue weighted by Gasteiger charge is -2.16. The molecule has 3 heteroatoms. The molecular weight excluding hydrogens is 373 g/mol. The van der Waals surface area contributed by atoms with Crippen molar-refractivity contribution >= 4 is 10.8 Å². The van der Waals surface area contributed by atoms with E-state index in [1.807, 2.05) is 30.3 Å². The molecule has 0 saturated carbocycles. The van der Waals surface area contributed by atoms with Gasteiger partial charge in [0.1, 0.15) is 18.2 Å². The van der Waals surface area contributed by atoms with Gasteiger partial charge in [0.15, 0.2) is 0 Å². The highest BCUT2D eigenvalue weighted by Gasteiger charge is 2.10. The van der Waals surface area contributed by atoms with E-state index in [4.69, 9.17) is 4.74 Å². The number of halogens is 1. The predicted octanol–water partition coefficient (Wildman–Crippen LogP) is 6.20. The SMILES string of the molecule is Cc1ccccc1COc1ccc2ccccc2c1CNCCc1ccccc1F. The zero-order chi connectivity index (χ0) is 20.8. The molecule has 0 bridgehead atoms. The Balaban J connectivity index is 1.50. The monoisotopic (exact) mass is 399 g/mol. The Hall–Kier alpha value is -3.17. The van der Waals surface area contributed by atoms with E-state index >= 15 is 0 Å². The van der Waals surface area contributed by atoms with Crippen molar-refractivity contribution in [1.82, 2.24) is 5.32 Å². The van der Waals surface area contributed by atoms with E-state index in [1.54, 1.807) is 6.07 Å². The van der Waals surface area contributed by atoms with Crippen LogP contribution in [0.25, 0.3) is 10.8 Å². The molecule has 4 rings (SSSR count). The molecule has 4 aromatic carbocycles. The van der Waals surface area contributed by atoms with Crippen molar-refractivity contribution in [2.24, 2.45) is 0 Å². The van der Waals surface area contributed by atoms with Gasteiger partial charge in [-0.05, 0) is 59.5 Å². The molecule has 0 saturated heterocycles. The molecule has 0 aliphatic heterocycles. The van der Waals surface area contributed by atoms with Crippen LogP contribution in [0.5, 0.6) is 5.75 Å². The van der Waals surface area contributed by atoms with Crippen molar-refractivity contribution < 1.29 is 9.13 Å². The summed E-state index contributed by atoms with van der Waals surface area (Å²) in [5, 5.41) is 5.84. The summed E-state index contributed by atoms with van der Waals surface area (Å²) < 4.78 is 20.1. The minimum atomic E-state index is -0.147. The molecule has 152 valence electrons. The molecule has 0 amide bonds. The van der Waals surface area contributed by atoms with Crippen LogP contribution in [0.3, 0.4) is 0 Å². The smallest absolute Gasteiger partial charge is 0.126 e. The zero-order valence-corrected chi connectivity index (χ0v) is 17.2. The molecule has 0 heterocycles. The van der Waals surface area contributed by atoms with Crippen LogP contribution in [0.15, 0.2) is 84.9 Å². The van der Waals surface area contributed by atoms with E-state index in [0.717, 1.165) is 16.9 Å². The van der Waals surface area contributed by atoms with E-state index in [-0.39, 0.29) is 5.82 Å². The molecule has 0 aromatic heterocycles. The van der Waals surface area contributed by atoms with Gasteiger partial charge in [0, 0.05) is 12.1 Å². The van der Waals surface area contributed by atoms with Crippen molar-refractivity contribution in [2.45, 2.75) is 26.5 Å². The Morgan fingerprint density at radius 3 is 2.37 bits per heavy atom. The maximum absolute atomic E-state index is 13.9. The second-order valence-corrected chi connectivity index (χ2v) is 7.50. The Morgan fingerprint density at radius 2 is 1.53 bits per heavy atom. The van der Waals surface area contributed by atoms with Gasteiger partial charge in [-0.2, -0.15) is 0 Å². The van der Waals surface area contributed by atoms with E-state index < -0.39 is 0 Å². The quantitative estimate of drug-likeness (QED) is 0.356. The number of aryl methyl sites for hydroxylation is 1. The molecule has 1 N–H and O–H groups in total. The van der Waals surface area contributed by atoms with E-state index in [9.17, 15) is 4.39 Å². The molecule has 0 fully saturated rings. The van der Waals surface area contributed by atoms with Crippen LogP contribution in [-0.2, 0) is 19.6 Å². The third-order valence-electron chi connectivity index (χ3n) is 5.47. The first-order valence-corrected chi connectivity index (χ1v) is 10.3. The maximum atomic E-state index is 13.9. The van der Waals surface area contributed by atoms with Crippen LogP contribution in [0, 0.1) is 12.7 Å². The second kappa shape index (κ2) is 9.55. The first-order valence-electron chi connectivity index (χ1n) is 10.3. The highest BCUT2D eigenvalue weighted by atomic mass is 19.1. The Morgan fingerprint density at radius 1 is 0.800 bits per heavy atom. The molecule has 0 radical (unpaired) electrons. The molecule has 2 nitrogen and oxygen atoms in total. The average molecular weight is 400 g/mol. The zero-order valence-electron chi connectivity index (χ0n) is 17.2. The van der Waals surface area contributed by atoms with Crippen LogP contribution in [0.4, 0.5) is 4.39 Å². The van der Waals surface area contributed by atoms with Crippen LogP contribution in [0.2, 0.25) is 0 Å². The Labute approximate surface area is 177 Å². The molecule has 0 spiro atoms. The molecule has 30 heavy (non-hydrogen) atoms. The minimum absolute atomic E-state index is 0.147. The number of nitrogens with one attached hydrogen (secondary N) is 1. The summed E-state index contributed by atoms with van der Waals surface area (Å²) in [5.74, 6) is 0.738. The van der Waals surface area contributed by atoms with Gasteiger partial charge in [-0.3, -0.25) is 0 Å². The summed E-state index contributed by atoms with van der Waals surface area (Å²) in [4.78, 5) is 0. The van der Waals surface area contributed by atoms with Crippen molar-refractivity contribution in [3.63, 3.8) is 0 Å². The van der Waals surface area contributed by atoms with Crippen LogP contribution >= 0.6 is 0 Å². The fraction of sp³-hybridized carbons (Fsp3) is 0.185. The van der Waals surface area contributed by atoms with Gasteiger partial charge < -0.3 is 10.1 Å². The van der Waals surface area contributed by atoms with Crippen molar-refractivity contribution in [1.29, 1.82) is 0 Å². The van der Waals surface area contributed by atoms with Gasteiger partial charge in [-0.25, -0.2) is 4.39 Å². The molecular formula is C27H26FNO. The second-order valence-electron chi connectivity index (χ2n) is 7.50. The first kappa shape index (κ1) is 20.1. The van der Waals surface area contributed by atoms with E-state index in [2.05, 4.69) is 54.7 Å². The molecule has 0 aliphatic rings.